The first kappa shape index (κ1) is 21.3. The first-order chi connectivity index (χ1) is 15.0. The van der Waals surface area contributed by atoms with Crippen LogP contribution >= 0.6 is 0 Å². The van der Waals surface area contributed by atoms with Gasteiger partial charge in [-0.3, -0.25) is 14.4 Å². The number of amides is 2. The molecule has 2 bridgehead atoms. The van der Waals surface area contributed by atoms with Crippen LogP contribution in [0.4, 0.5) is 0 Å². The Bertz CT molecular complexity index is 1030. The highest BCUT2D eigenvalue weighted by Gasteiger charge is 2.57. The number of benzene rings is 1. The van der Waals surface area contributed by atoms with Crippen LogP contribution in [0.3, 0.4) is 0 Å². The lowest BCUT2D eigenvalue weighted by atomic mass is 9.86. The van der Waals surface area contributed by atoms with Gasteiger partial charge >= 0.3 is 0 Å². The summed E-state index contributed by atoms with van der Waals surface area (Å²) in [4.78, 5) is 41.2. The molecular weight excluding hydrogens is 394 g/mol. The van der Waals surface area contributed by atoms with Crippen molar-refractivity contribution in [1.82, 2.24) is 14.8 Å². The van der Waals surface area contributed by atoms with Crippen molar-refractivity contribution in [2.75, 3.05) is 13.2 Å². The molecule has 7 heteroatoms. The van der Waals surface area contributed by atoms with Crippen molar-refractivity contribution >= 4 is 11.8 Å². The number of nitrogens with zero attached hydrogens (tertiary/aromatic N) is 2. The van der Waals surface area contributed by atoms with E-state index < -0.39 is 23.9 Å². The van der Waals surface area contributed by atoms with E-state index in [0.29, 0.717) is 24.2 Å². The molecule has 4 rings (SSSR count). The maximum absolute atomic E-state index is 13.4. The van der Waals surface area contributed by atoms with E-state index in [0.717, 1.165) is 12.0 Å². The zero-order valence-electron chi connectivity index (χ0n) is 18.0. The predicted octanol–water partition coefficient (Wildman–Crippen LogP) is 1.94. The van der Waals surface area contributed by atoms with Crippen molar-refractivity contribution < 1.29 is 14.7 Å². The molecule has 0 unspecified atom stereocenters. The van der Waals surface area contributed by atoms with Crippen molar-refractivity contribution in [3.8, 4) is 11.1 Å². The van der Waals surface area contributed by atoms with Crippen LogP contribution in [0.1, 0.15) is 38.4 Å². The average Bonchev–Trinajstić information content (AvgIpc) is 3.04. The lowest BCUT2D eigenvalue weighted by Gasteiger charge is -2.38. The number of carbonyl (C=O) groups excluding carboxylic acids is 2. The summed E-state index contributed by atoms with van der Waals surface area (Å²) in [6.45, 7) is 4.37. The first-order valence-electron chi connectivity index (χ1n) is 11.0. The smallest absolute Gasteiger partial charge is 0.258 e. The number of nitrogens with one attached hydrogen (secondary N) is 1. The fourth-order valence-corrected chi connectivity index (χ4v) is 5.13. The van der Waals surface area contributed by atoms with Crippen molar-refractivity contribution in [2.24, 2.45) is 11.8 Å². The molecule has 7 nitrogen and oxygen atoms in total. The quantitative estimate of drug-likeness (QED) is 0.743. The molecule has 164 valence electrons. The molecule has 31 heavy (non-hydrogen) atoms. The maximum atomic E-state index is 13.4. The number of carbonyl (C=O) groups is 2. The fourth-order valence-electron chi connectivity index (χ4n) is 5.13. The highest BCUT2D eigenvalue weighted by molar-refractivity contribution is 5.84. The number of aromatic nitrogens is 1. The van der Waals surface area contributed by atoms with E-state index in [2.05, 4.69) is 5.32 Å². The molecule has 1 saturated heterocycles. The molecule has 2 N–H and O–H groups in total. The molecule has 0 spiro atoms. The average molecular weight is 424 g/mol. The zero-order valence-corrected chi connectivity index (χ0v) is 18.0. The van der Waals surface area contributed by atoms with Crippen LogP contribution in [0, 0.1) is 11.8 Å². The van der Waals surface area contributed by atoms with Gasteiger partial charge in [-0.15, -0.1) is 0 Å². The van der Waals surface area contributed by atoms with Crippen LogP contribution in [-0.2, 0) is 16.1 Å². The van der Waals surface area contributed by atoms with Gasteiger partial charge in [0.15, 0.2) is 0 Å². The molecular formula is C24H29N3O4. The summed E-state index contributed by atoms with van der Waals surface area (Å²) in [5.74, 6) is -1.25. The molecule has 0 radical (unpaired) electrons. The molecule has 1 aromatic heterocycles. The largest absolute Gasteiger partial charge is 0.396 e. The second-order valence-electron chi connectivity index (χ2n) is 8.28. The number of hydrogen-bond acceptors (Lipinski definition) is 4. The first-order valence-corrected chi connectivity index (χ1v) is 11.0. The second kappa shape index (κ2) is 8.67. The molecule has 1 fully saturated rings. The topological polar surface area (TPSA) is 91.6 Å². The second-order valence-corrected chi connectivity index (χ2v) is 8.28. The van der Waals surface area contributed by atoms with Gasteiger partial charge in [-0.1, -0.05) is 44.2 Å². The Morgan fingerprint density at radius 1 is 1.13 bits per heavy atom. The summed E-state index contributed by atoms with van der Waals surface area (Å²) in [5.41, 5.74) is 1.95. The minimum absolute atomic E-state index is 0.0647. The normalized spacial score (nSPS) is 24.0. The Kier molecular flexibility index (Phi) is 5.96. The molecule has 1 aromatic carbocycles. The summed E-state index contributed by atoms with van der Waals surface area (Å²) in [5, 5.41) is 13.1. The Morgan fingerprint density at radius 2 is 1.87 bits per heavy atom. The molecule has 0 aliphatic carbocycles. The van der Waals surface area contributed by atoms with E-state index >= 15 is 0 Å². The van der Waals surface area contributed by atoms with E-state index in [1.54, 1.807) is 22.5 Å². The highest BCUT2D eigenvalue weighted by atomic mass is 16.3. The third-order valence-corrected chi connectivity index (χ3v) is 6.57. The van der Waals surface area contributed by atoms with Gasteiger partial charge in [0.05, 0.1) is 18.0 Å². The summed E-state index contributed by atoms with van der Waals surface area (Å²) in [7, 11) is 0. The van der Waals surface area contributed by atoms with Gasteiger partial charge in [-0.05, 0) is 24.1 Å². The number of aliphatic hydroxyl groups excluding tert-OH is 1. The van der Waals surface area contributed by atoms with Crippen molar-refractivity contribution in [3.05, 3.63) is 58.5 Å². The Balaban J connectivity index is 1.85. The van der Waals surface area contributed by atoms with Crippen molar-refractivity contribution in [3.63, 3.8) is 0 Å². The van der Waals surface area contributed by atoms with Gasteiger partial charge in [0.2, 0.25) is 11.8 Å². The third-order valence-electron chi connectivity index (χ3n) is 6.57. The molecule has 2 aliphatic heterocycles. The fraction of sp³-hybridized carbons (Fsp3) is 0.458. The number of aliphatic hydroxyl groups is 1. The van der Waals surface area contributed by atoms with Crippen LogP contribution in [0.5, 0.6) is 0 Å². The van der Waals surface area contributed by atoms with E-state index in [4.69, 9.17) is 0 Å². The molecule has 2 aromatic rings. The van der Waals surface area contributed by atoms with Gasteiger partial charge in [0.1, 0.15) is 0 Å². The molecule has 4 atom stereocenters. The Morgan fingerprint density at radius 3 is 2.52 bits per heavy atom. The van der Waals surface area contributed by atoms with Crippen LogP contribution < -0.4 is 10.9 Å². The number of pyridine rings is 1. The maximum Gasteiger partial charge on any atom is 0.258 e. The van der Waals surface area contributed by atoms with Gasteiger partial charge in [0.25, 0.3) is 5.56 Å². The van der Waals surface area contributed by atoms with E-state index in [1.807, 2.05) is 43.3 Å². The summed E-state index contributed by atoms with van der Waals surface area (Å²) < 4.78 is 1.70. The van der Waals surface area contributed by atoms with E-state index in [1.165, 1.54) is 0 Å². The molecule has 0 saturated carbocycles. The van der Waals surface area contributed by atoms with Crippen LogP contribution in [0.2, 0.25) is 0 Å². The summed E-state index contributed by atoms with van der Waals surface area (Å²) >= 11 is 0. The van der Waals surface area contributed by atoms with Crippen LogP contribution in [0.15, 0.2) is 47.3 Å². The summed E-state index contributed by atoms with van der Waals surface area (Å²) in [6.07, 6.45) is 1.10. The molecule has 2 aliphatic rings. The lowest BCUT2D eigenvalue weighted by Crippen LogP contribution is -2.49. The lowest BCUT2D eigenvalue weighted by molar-refractivity contribution is -0.136. The van der Waals surface area contributed by atoms with Gasteiger partial charge in [-0.2, -0.15) is 0 Å². The Labute approximate surface area is 181 Å². The van der Waals surface area contributed by atoms with Gasteiger partial charge < -0.3 is 19.9 Å². The van der Waals surface area contributed by atoms with Crippen LogP contribution in [-0.4, -0.2) is 45.6 Å². The number of fused-ring (bicyclic) bond motifs is 4. The number of rotatable bonds is 6. The van der Waals surface area contributed by atoms with Gasteiger partial charge in [0, 0.05) is 43.3 Å². The SMILES string of the molecule is CCCNC(=O)[C@@H]1[C@@H](CO)[C@@H]2Cn3c(ccc(-c4ccccc4)c3=O)[C@H]1N2C(=O)CC. The third kappa shape index (κ3) is 3.47. The summed E-state index contributed by atoms with van der Waals surface area (Å²) in [6, 6.07) is 12.2. The Hall–Kier alpha value is -2.93. The molecule has 3 heterocycles. The van der Waals surface area contributed by atoms with Crippen molar-refractivity contribution in [2.45, 2.75) is 45.3 Å². The van der Waals surface area contributed by atoms with E-state index in [-0.39, 0.29) is 30.5 Å². The predicted molar refractivity (Wildman–Crippen MR) is 117 cm³/mol. The van der Waals surface area contributed by atoms with Gasteiger partial charge in [-0.25, -0.2) is 0 Å². The van der Waals surface area contributed by atoms with E-state index in [9.17, 15) is 19.5 Å². The van der Waals surface area contributed by atoms with Crippen LogP contribution in [0.25, 0.3) is 11.1 Å². The number of hydrogen-bond donors (Lipinski definition) is 2. The zero-order chi connectivity index (χ0) is 22.1. The highest BCUT2D eigenvalue weighted by Crippen LogP contribution is 2.48. The monoisotopic (exact) mass is 423 g/mol. The minimum Gasteiger partial charge on any atom is -0.396 e. The van der Waals surface area contributed by atoms with Crippen molar-refractivity contribution in [1.29, 1.82) is 0 Å². The molecule has 2 amide bonds. The minimum atomic E-state index is -0.590. The standard InChI is InChI=1S/C24H29N3O4/c1-3-12-25-23(30)21-17(14-28)19-13-26-18(22(21)27(19)20(29)4-2)11-10-16(24(26)31)15-8-6-5-7-9-15/h5-11,17,19,21-22,28H,3-4,12-14H2,1-2H3,(H,25,30)/t17-,19-,21+,22+/m0/s1.